The Labute approximate surface area is 198 Å². The second-order valence-electron chi connectivity index (χ2n) is 8.15. The van der Waals surface area contributed by atoms with Gasteiger partial charge in [-0.15, -0.1) is 0 Å². The molecule has 2 aromatic rings. The fourth-order valence-corrected chi connectivity index (χ4v) is 4.80. The van der Waals surface area contributed by atoms with Crippen LogP contribution in [0, 0.1) is 0 Å². The maximum absolute atomic E-state index is 13.5. The van der Waals surface area contributed by atoms with Gasteiger partial charge in [0.05, 0.1) is 37.5 Å². The number of carbonyl (C=O) groups is 1. The van der Waals surface area contributed by atoms with E-state index in [0.717, 1.165) is 19.3 Å². The Morgan fingerprint density at radius 1 is 1.21 bits per heavy atom. The van der Waals surface area contributed by atoms with Crippen LogP contribution in [0.4, 0.5) is 0 Å². The maximum atomic E-state index is 13.5. The molecule has 1 atom stereocenters. The lowest BCUT2D eigenvalue weighted by Crippen LogP contribution is -2.36. The molecule has 1 heterocycles. The minimum atomic E-state index is -0.145. The highest BCUT2D eigenvalue weighted by molar-refractivity contribution is 7.99. The van der Waals surface area contributed by atoms with Crippen LogP contribution in [-0.2, 0) is 16.1 Å². The van der Waals surface area contributed by atoms with E-state index < -0.39 is 0 Å². The van der Waals surface area contributed by atoms with E-state index in [1.54, 1.807) is 38.0 Å². The van der Waals surface area contributed by atoms with Gasteiger partial charge in [-0.2, -0.15) is 0 Å². The first-order valence-electron chi connectivity index (χ1n) is 11.2. The van der Waals surface area contributed by atoms with Gasteiger partial charge < -0.3 is 19.5 Å². The van der Waals surface area contributed by atoms with E-state index in [1.807, 2.05) is 6.92 Å². The van der Waals surface area contributed by atoms with Crippen molar-refractivity contribution in [2.24, 2.45) is 0 Å². The Morgan fingerprint density at radius 2 is 1.97 bits per heavy atom. The number of nitrogens with one attached hydrogen (secondary N) is 1. The lowest BCUT2D eigenvalue weighted by molar-refractivity contribution is -0.119. The molecule has 1 aliphatic carbocycles. The second-order valence-corrected chi connectivity index (χ2v) is 9.09. The third-order valence-corrected chi connectivity index (χ3v) is 6.60. The standard InChI is InChI=1S/C24H33N3O5S/c1-16(14-30-2)25-22(28)15-33-24-26-19-13-21(32-4)20(31-3)12-18(19)23(29)27(24)11-10-17-8-6-5-7-9-17/h8,12-13,16H,5-7,9-11,14-15H2,1-4H3,(H,25,28). The normalized spacial score (nSPS) is 14.6. The number of fused-ring (bicyclic) bond motifs is 1. The number of aromatic nitrogens is 2. The average molecular weight is 476 g/mol. The second kappa shape index (κ2) is 12.1. The Balaban J connectivity index is 1.92. The number of methoxy groups -OCH3 is 3. The van der Waals surface area contributed by atoms with Crippen LogP contribution in [0.15, 0.2) is 33.7 Å². The summed E-state index contributed by atoms with van der Waals surface area (Å²) in [6.07, 6.45) is 7.66. The van der Waals surface area contributed by atoms with Gasteiger partial charge in [0.2, 0.25) is 5.91 Å². The number of hydrogen-bond donors (Lipinski definition) is 1. The van der Waals surface area contributed by atoms with Crippen molar-refractivity contribution in [3.8, 4) is 11.5 Å². The number of benzene rings is 1. The van der Waals surface area contributed by atoms with Gasteiger partial charge in [0.1, 0.15) is 0 Å². The molecule has 0 radical (unpaired) electrons. The average Bonchev–Trinajstić information content (AvgIpc) is 2.82. The van der Waals surface area contributed by atoms with Gasteiger partial charge in [-0.3, -0.25) is 14.2 Å². The predicted molar refractivity (Wildman–Crippen MR) is 130 cm³/mol. The quantitative estimate of drug-likeness (QED) is 0.302. The summed E-state index contributed by atoms with van der Waals surface area (Å²) in [5.74, 6) is 1.01. The fraction of sp³-hybridized carbons (Fsp3) is 0.542. The molecule has 0 fully saturated rings. The van der Waals surface area contributed by atoms with Crippen LogP contribution < -0.4 is 20.3 Å². The van der Waals surface area contributed by atoms with Gasteiger partial charge in [0.15, 0.2) is 16.7 Å². The Kier molecular flexibility index (Phi) is 9.20. The van der Waals surface area contributed by atoms with E-state index in [0.29, 0.717) is 40.7 Å². The number of allylic oxidation sites excluding steroid dienone is 2. The molecule has 0 saturated carbocycles. The van der Waals surface area contributed by atoms with Gasteiger partial charge in [0.25, 0.3) is 5.56 Å². The monoisotopic (exact) mass is 475 g/mol. The van der Waals surface area contributed by atoms with Gasteiger partial charge >= 0.3 is 0 Å². The van der Waals surface area contributed by atoms with Crippen LogP contribution >= 0.6 is 11.8 Å². The first kappa shape index (κ1) is 25.1. The Bertz CT molecular complexity index is 1070. The molecule has 1 N–H and O–H groups in total. The van der Waals surface area contributed by atoms with Crippen molar-refractivity contribution in [1.82, 2.24) is 14.9 Å². The first-order valence-corrected chi connectivity index (χ1v) is 12.2. The van der Waals surface area contributed by atoms with Crippen molar-refractivity contribution >= 4 is 28.6 Å². The summed E-state index contributed by atoms with van der Waals surface area (Å²) in [6, 6.07) is 3.28. The molecule has 180 valence electrons. The van der Waals surface area contributed by atoms with E-state index in [9.17, 15) is 9.59 Å². The number of ether oxygens (including phenoxy) is 3. The number of hydrogen-bond acceptors (Lipinski definition) is 7. The zero-order valence-electron chi connectivity index (χ0n) is 19.8. The topological polar surface area (TPSA) is 91.7 Å². The minimum absolute atomic E-state index is 0.0928. The van der Waals surface area contributed by atoms with Crippen LogP contribution in [0.3, 0.4) is 0 Å². The molecule has 33 heavy (non-hydrogen) atoms. The molecule has 1 aliphatic rings. The molecule has 1 aromatic heterocycles. The smallest absolute Gasteiger partial charge is 0.262 e. The fourth-order valence-electron chi connectivity index (χ4n) is 3.96. The van der Waals surface area contributed by atoms with E-state index in [2.05, 4.69) is 11.4 Å². The van der Waals surface area contributed by atoms with E-state index >= 15 is 0 Å². The molecule has 0 saturated heterocycles. The lowest BCUT2D eigenvalue weighted by Gasteiger charge is -2.17. The first-order chi connectivity index (χ1) is 16.0. The number of carbonyl (C=O) groups excluding carboxylic acids is 1. The number of amides is 1. The van der Waals surface area contributed by atoms with Crippen molar-refractivity contribution in [2.75, 3.05) is 33.7 Å². The number of nitrogens with zero attached hydrogens (tertiary/aromatic N) is 2. The van der Waals surface area contributed by atoms with Gasteiger partial charge in [0, 0.05) is 25.8 Å². The SMILES string of the molecule is COCC(C)NC(=O)CSc1nc2cc(OC)c(OC)cc2c(=O)n1CCC1=CCCCC1. The molecular weight excluding hydrogens is 442 g/mol. The van der Waals surface area contributed by atoms with E-state index in [1.165, 1.54) is 30.2 Å². The highest BCUT2D eigenvalue weighted by atomic mass is 32.2. The summed E-state index contributed by atoms with van der Waals surface area (Å²) in [7, 11) is 4.68. The maximum Gasteiger partial charge on any atom is 0.262 e. The molecule has 0 spiro atoms. The van der Waals surface area contributed by atoms with Crippen LogP contribution in [0.25, 0.3) is 10.9 Å². The largest absolute Gasteiger partial charge is 0.493 e. The highest BCUT2D eigenvalue weighted by Gasteiger charge is 2.17. The van der Waals surface area contributed by atoms with E-state index in [-0.39, 0.29) is 23.3 Å². The summed E-state index contributed by atoms with van der Waals surface area (Å²) in [6.45, 7) is 2.84. The molecule has 8 nitrogen and oxygen atoms in total. The molecule has 9 heteroatoms. The molecular formula is C24H33N3O5S. The van der Waals surface area contributed by atoms with Gasteiger partial charge in [-0.05, 0) is 45.1 Å². The molecule has 1 aromatic carbocycles. The van der Waals surface area contributed by atoms with Crippen LogP contribution in [0.5, 0.6) is 11.5 Å². The summed E-state index contributed by atoms with van der Waals surface area (Å²) in [5, 5.41) is 3.88. The lowest BCUT2D eigenvalue weighted by atomic mass is 9.97. The summed E-state index contributed by atoms with van der Waals surface area (Å²) >= 11 is 1.26. The third-order valence-electron chi connectivity index (χ3n) is 5.62. The summed E-state index contributed by atoms with van der Waals surface area (Å²) < 4.78 is 17.5. The van der Waals surface area contributed by atoms with Crippen molar-refractivity contribution in [3.05, 3.63) is 34.1 Å². The van der Waals surface area contributed by atoms with E-state index in [4.69, 9.17) is 19.2 Å². The molecule has 3 rings (SSSR count). The van der Waals surface area contributed by atoms with Crippen molar-refractivity contribution < 1.29 is 19.0 Å². The van der Waals surface area contributed by atoms with Gasteiger partial charge in [-0.25, -0.2) is 4.98 Å². The molecule has 0 aliphatic heterocycles. The zero-order valence-corrected chi connectivity index (χ0v) is 20.6. The highest BCUT2D eigenvalue weighted by Crippen LogP contribution is 2.31. The Morgan fingerprint density at radius 3 is 2.64 bits per heavy atom. The Hall–Kier alpha value is -2.52. The van der Waals surface area contributed by atoms with Crippen molar-refractivity contribution in [2.45, 2.75) is 56.8 Å². The predicted octanol–water partition coefficient (Wildman–Crippen LogP) is 3.55. The molecule has 0 bridgehead atoms. The number of rotatable bonds is 11. The minimum Gasteiger partial charge on any atom is -0.493 e. The zero-order chi connectivity index (χ0) is 23.8. The van der Waals surface area contributed by atoms with Crippen molar-refractivity contribution in [1.29, 1.82) is 0 Å². The summed E-state index contributed by atoms with van der Waals surface area (Å²) in [4.78, 5) is 30.6. The molecule has 1 amide bonds. The van der Waals surface area contributed by atoms with Gasteiger partial charge in [-0.1, -0.05) is 23.4 Å². The van der Waals surface area contributed by atoms with Crippen LogP contribution in [0.2, 0.25) is 0 Å². The van der Waals surface area contributed by atoms with Crippen LogP contribution in [-0.4, -0.2) is 55.2 Å². The van der Waals surface area contributed by atoms with Crippen molar-refractivity contribution in [3.63, 3.8) is 0 Å². The molecule has 1 unspecified atom stereocenters. The third kappa shape index (κ3) is 6.51. The number of thioether (sulfide) groups is 1. The summed E-state index contributed by atoms with van der Waals surface area (Å²) in [5.41, 5.74) is 1.75. The van der Waals surface area contributed by atoms with Crippen LogP contribution in [0.1, 0.15) is 39.0 Å².